The molecular formula is C16H24BrNO5SSi. The van der Waals surface area contributed by atoms with Gasteiger partial charge in [-0.3, -0.25) is 18.7 Å². The molecule has 1 aromatic carbocycles. The van der Waals surface area contributed by atoms with Gasteiger partial charge in [0.2, 0.25) is 5.91 Å². The second-order valence-corrected chi connectivity index (χ2v) is 15.9. The Morgan fingerprint density at radius 3 is 2.64 bits per heavy atom. The Labute approximate surface area is 159 Å². The molecule has 1 fully saturated rings. The number of aldehydes is 1. The molecule has 1 amide bonds. The number of rotatable bonds is 7. The van der Waals surface area contributed by atoms with Gasteiger partial charge >= 0.3 is 0 Å². The second-order valence-electron chi connectivity index (χ2n) is 7.27. The Balaban J connectivity index is 2.11. The lowest BCUT2D eigenvalue weighted by molar-refractivity contribution is -0.128. The van der Waals surface area contributed by atoms with Crippen LogP contribution in [0.3, 0.4) is 0 Å². The zero-order valence-corrected chi connectivity index (χ0v) is 18.0. The molecule has 2 rings (SSSR count). The molecule has 6 nitrogen and oxygen atoms in total. The summed E-state index contributed by atoms with van der Waals surface area (Å²) in [7, 11) is -4.59. The van der Waals surface area contributed by atoms with Crippen molar-refractivity contribution >= 4 is 47.0 Å². The topological polar surface area (TPSA) is 87.1 Å². The smallest absolute Gasteiger partial charge is 0.245 e. The van der Waals surface area contributed by atoms with E-state index >= 15 is 0 Å². The highest BCUT2D eigenvalue weighted by atomic mass is 79.9. The van der Waals surface area contributed by atoms with Gasteiger partial charge in [0.05, 0.1) is 6.42 Å². The fourth-order valence-electron chi connectivity index (χ4n) is 2.51. The highest BCUT2D eigenvalue weighted by molar-refractivity contribution is 9.10. The van der Waals surface area contributed by atoms with Crippen LogP contribution in [0.5, 0.6) is 0 Å². The van der Waals surface area contributed by atoms with Gasteiger partial charge in [-0.25, -0.2) is 4.31 Å². The fraction of sp³-hybridized carbons (Fsp3) is 0.500. The SMILES string of the molecule is C[Si](C)(C)CCOCN1C(=O)CC(c2ccc(C=O)cc2Br)S1(O)O. The summed E-state index contributed by atoms with van der Waals surface area (Å²) in [6, 6.07) is 5.79. The maximum atomic E-state index is 12.3. The minimum Gasteiger partial charge on any atom is -0.360 e. The minimum atomic E-state index is -3.34. The fourth-order valence-corrected chi connectivity index (χ4v) is 5.91. The first-order valence-corrected chi connectivity index (χ1v) is 14.0. The Kier molecular flexibility index (Phi) is 6.50. The summed E-state index contributed by atoms with van der Waals surface area (Å²) in [5, 5.41) is -0.740. The number of benzene rings is 1. The summed E-state index contributed by atoms with van der Waals surface area (Å²) in [5.41, 5.74) is 1.08. The second kappa shape index (κ2) is 7.89. The first-order valence-electron chi connectivity index (χ1n) is 7.96. The van der Waals surface area contributed by atoms with E-state index in [1.807, 2.05) is 0 Å². The van der Waals surface area contributed by atoms with Crippen LogP contribution >= 0.6 is 26.7 Å². The van der Waals surface area contributed by atoms with Crippen molar-refractivity contribution < 1.29 is 23.4 Å². The number of nitrogens with zero attached hydrogens (tertiary/aromatic N) is 1. The molecule has 0 aromatic heterocycles. The van der Waals surface area contributed by atoms with Crippen LogP contribution in [0, 0.1) is 0 Å². The lowest BCUT2D eigenvalue weighted by atomic mass is 10.1. The van der Waals surface area contributed by atoms with E-state index in [1.165, 1.54) is 0 Å². The van der Waals surface area contributed by atoms with Crippen LogP contribution in [0.1, 0.15) is 27.6 Å². The molecule has 0 bridgehead atoms. The average molecular weight is 450 g/mol. The monoisotopic (exact) mass is 449 g/mol. The molecule has 0 aliphatic carbocycles. The van der Waals surface area contributed by atoms with Crippen molar-refractivity contribution in [3.05, 3.63) is 33.8 Å². The third kappa shape index (κ3) is 4.93. The number of amides is 1. The van der Waals surface area contributed by atoms with E-state index in [2.05, 4.69) is 35.6 Å². The van der Waals surface area contributed by atoms with Gasteiger partial charge in [-0.2, -0.15) is 0 Å². The standard InChI is InChI=1S/C16H24BrNO5SSi/c1-25(2,3)7-6-23-11-18-16(20)9-15(24(18,21)22)13-5-4-12(10-19)8-14(13)17/h4-5,8,10,15,21-22H,6-7,9,11H2,1-3H3. The predicted molar refractivity (Wildman–Crippen MR) is 106 cm³/mol. The van der Waals surface area contributed by atoms with Gasteiger partial charge in [0.1, 0.15) is 18.3 Å². The molecular weight excluding hydrogens is 426 g/mol. The molecule has 25 heavy (non-hydrogen) atoms. The normalized spacial score (nSPS) is 21.4. The van der Waals surface area contributed by atoms with E-state index in [4.69, 9.17) is 4.74 Å². The molecule has 1 heterocycles. The zero-order valence-electron chi connectivity index (χ0n) is 14.6. The summed E-state index contributed by atoms with van der Waals surface area (Å²) < 4.78 is 28.4. The Hall–Kier alpha value is -0.713. The molecule has 0 radical (unpaired) electrons. The first-order chi connectivity index (χ1) is 11.6. The number of hydrogen-bond acceptors (Lipinski definition) is 5. The minimum absolute atomic E-state index is 0.00124. The van der Waals surface area contributed by atoms with E-state index < -0.39 is 24.1 Å². The zero-order chi connectivity index (χ0) is 18.8. The summed E-state index contributed by atoms with van der Waals surface area (Å²) in [5.74, 6) is -0.343. The maximum Gasteiger partial charge on any atom is 0.245 e. The van der Waals surface area contributed by atoms with E-state index in [9.17, 15) is 18.7 Å². The predicted octanol–water partition coefficient (Wildman–Crippen LogP) is 4.51. The number of ether oxygens (including phenoxy) is 1. The van der Waals surface area contributed by atoms with E-state index in [1.54, 1.807) is 18.2 Å². The molecule has 1 aliphatic heterocycles. The van der Waals surface area contributed by atoms with Gasteiger partial charge in [-0.05, 0) is 17.7 Å². The van der Waals surface area contributed by atoms with Crippen molar-refractivity contribution in [2.45, 2.75) is 37.4 Å². The van der Waals surface area contributed by atoms with Gasteiger partial charge in [0.15, 0.2) is 0 Å². The summed E-state index contributed by atoms with van der Waals surface area (Å²) in [6.45, 7) is 7.05. The van der Waals surface area contributed by atoms with Crippen molar-refractivity contribution in [2.75, 3.05) is 13.3 Å². The van der Waals surface area contributed by atoms with Crippen molar-refractivity contribution in [3.63, 3.8) is 0 Å². The Bertz CT molecular complexity index is 664. The summed E-state index contributed by atoms with van der Waals surface area (Å²) in [4.78, 5) is 23.1. The van der Waals surface area contributed by atoms with Gasteiger partial charge < -0.3 is 4.74 Å². The highest BCUT2D eigenvalue weighted by Crippen LogP contribution is 2.63. The van der Waals surface area contributed by atoms with Crippen molar-refractivity contribution in [2.24, 2.45) is 0 Å². The maximum absolute atomic E-state index is 12.3. The summed E-state index contributed by atoms with van der Waals surface area (Å²) >= 11 is 3.35. The van der Waals surface area contributed by atoms with Crippen LogP contribution < -0.4 is 0 Å². The van der Waals surface area contributed by atoms with Crippen LogP contribution in [-0.4, -0.2) is 47.0 Å². The van der Waals surface area contributed by atoms with E-state index in [0.29, 0.717) is 28.5 Å². The van der Waals surface area contributed by atoms with Gasteiger partial charge in [0.25, 0.3) is 0 Å². The Morgan fingerprint density at radius 2 is 2.08 bits per heavy atom. The first kappa shape index (κ1) is 20.6. The molecule has 0 saturated carbocycles. The van der Waals surface area contributed by atoms with E-state index in [0.717, 1.165) is 10.3 Å². The molecule has 140 valence electrons. The lowest BCUT2D eigenvalue weighted by Gasteiger charge is -2.40. The number of halogens is 1. The number of carbonyl (C=O) groups is 2. The molecule has 1 saturated heterocycles. The quantitative estimate of drug-likeness (QED) is 0.363. The highest BCUT2D eigenvalue weighted by Gasteiger charge is 2.46. The third-order valence-corrected chi connectivity index (χ3v) is 8.59. The van der Waals surface area contributed by atoms with Crippen LogP contribution in [0.2, 0.25) is 25.7 Å². The average Bonchev–Trinajstić information content (AvgIpc) is 2.72. The van der Waals surface area contributed by atoms with Crippen molar-refractivity contribution in [1.29, 1.82) is 0 Å². The van der Waals surface area contributed by atoms with Gasteiger partial charge in [0, 0.05) is 24.7 Å². The van der Waals surface area contributed by atoms with E-state index in [-0.39, 0.29) is 19.1 Å². The molecule has 1 aliphatic rings. The molecule has 1 unspecified atom stereocenters. The van der Waals surface area contributed by atoms with Crippen LogP contribution in [0.25, 0.3) is 0 Å². The largest absolute Gasteiger partial charge is 0.360 e. The molecule has 9 heteroatoms. The van der Waals surface area contributed by atoms with Crippen LogP contribution in [-0.2, 0) is 9.53 Å². The lowest BCUT2D eigenvalue weighted by Crippen LogP contribution is -2.31. The van der Waals surface area contributed by atoms with Gasteiger partial charge in [-0.15, -0.1) is 10.8 Å². The van der Waals surface area contributed by atoms with Crippen LogP contribution in [0.15, 0.2) is 22.7 Å². The molecule has 0 spiro atoms. The third-order valence-electron chi connectivity index (χ3n) is 4.06. The number of carbonyl (C=O) groups excluding carboxylic acids is 2. The van der Waals surface area contributed by atoms with Gasteiger partial charge in [-0.1, -0.05) is 47.7 Å². The summed E-state index contributed by atoms with van der Waals surface area (Å²) in [6.07, 6.45) is 0.712. The van der Waals surface area contributed by atoms with Crippen molar-refractivity contribution in [3.8, 4) is 0 Å². The van der Waals surface area contributed by atoms with Crippen molar-refractivity contribution in [1.82, 2.24) is 4.31 Å². The Morgan fingerprint density at radius 1 is 1.40 bits per heavy atom. The molecule has 2 N–H and O–H groups in total. The molecule has 1 aromatic rings. The number of hydrogen-bond donors (Lipinski definition) is 2. The molecule has 1 atom stereocenters. The van der Waals surface area contributed by atoms with Crippen LogP contribution in [0.4, 0.5) is 0 Å².